The van der Waals surface area contributed by atoms with Crippen molar-refractivity contribution in [2.45, 2.75) is 46.2 Å². The number of amides is 2. The minimum atomic E-state index is -0.360. The zero-order valence-corrected chi connectivity index (χ0v) is 16.6. The van der Waals surface area contributed by atoms with Gasteiger partial charge in [-0.15, -0.1) is 0 Å². The van der Waals surface area contributed by atoms with Crippen molar-refractivity contribution in [2.24, 2.45) is 0 Å². The van der Waals surface area contributed by atoms with Gasteiger partial charge < -0.3 is 14.4 Å². The molecular weight excluding hydrogens is 340 g/mol. The molecule has 0 unspecified atom stereocenters. The summed E-state index contributed by atoms with van der Waals surface area (Å²) in [4.78, 5) is 33.4. The largest absolute Gasteiger partial charge is 0.335 e. The fourth-order valence-electron chi connectivity index (χ4n) is 3.58. The summed E-state index contributed by atoms with van der Waals surface area (Å²) in [5.74, 6) is 1.10. The van der Waals surface area contributed by atoms with Crippen LogP contribution in [0.2, 0.25) is 0 Å². The standard InChI is InChI=1S/C21H28N4O2/c1-15(2)20-22-8-9-25(20)17(4)21(27)24-11-10-23(19(26)14-24)13-18-7-5-6-16(3)12-18/h5-9,12,15,17H,10-11,13-14H2,1-4H3/t17-/m0/s1. The summed E-state index contributed by atoms with van der Waals surface area (Å²) in [5, 5.41) is 0. The Bertz CT molecular complexity index is 827. The average Bonchev–Trinajstić information content (AvgIpc) is 3.12. The van der Waals surface area contributed by atoms with Gasteiger partial charge in [0, 0.05) is 37.9 Å². The molecule has 2 heterocycles. The van der Waals surface area contributed by atoms with Crippen LogP contribution in [0.1, 0.15) is 49.7 Å². The molecule has 1 fully saturated rings. The molecule has 144 valence electrons. The summed E-state index contributed by atoms with van der Waals surface area (Å²) in [6.07, 6.45) is 3.57. The quantitative estimate of drug-likeness (QED) is 0.815. The Kier molecular flexibility index (Phi) is 5.63. The van der Waals surface area contributed by atoms with Crippen LogP contribution in [0.4, 0.5) is 0 Å². The molecule has 0 bridgehead atoms. The Balaban J connectivity index is 1.64. The van der Waals surface area contributed by atoms with E-state index in [0.717, 1.165) is 11.4 Å². The highest BCUT2D eigenvalue weighted by Crippen LogP contribution is 2.20. The second-order valence-electron chi connectivity index (χ2n) is 7.59. The van der Waals surface area contributed by atoms with Gasteiger partial charge in [0.15, 0.2) is 0 Å². The summed E-state index contributed by atoms with van der Waals surface area (Å²) >= 11 is 0. The first kappa shape index (κ1) is 19.1. The predicted molar refractivity (Wildman–Crippen MR) is 104 cm³/mol. The number of benzene rings is 1. The van der Waals surface area contributed by atoms with Crippen molar-refractivity contribution in [2.75, 3.05) is 19.6 Å². The van der Waals surface area contributed by atoms with Crippen LogP contribution in [0.5, 0.6) is 0 Å². The molecule has 3 rings (SSSR count). The van der Waals surface area contributed by atoms with E-state index in [1.165, 1.54) is 5.56 Å². The summed E-state index contributed by atoms with van der Waals surface area (Å²) in [6, 6.07) is 7.82. The molecule has 1 aliphatic heterocycles. The minimum Gasteiger partial charge on any atom is -0.335 e. The van der Waals surface area contributed by atoms with Crippen LogP contribution in [0.3, 0.4) is 0 Å². The third-order valence-electron chi connectivity index (χ3n) is 5.08. The first-order chi connectivity index (χ1) is 12.9. The Labute approximate surface area is 160 Å². The van der Waals surface area contributed by atoms with E-state index in [2.05, 4.69) is 24.9 Å². The number of rotatable bonds is 5. The van der Waals surface area contributed by atoms with Crippen molar-refractivity contribution in [1.82, 2.24) is 19.4 Å². The van der Waals surface area contributed by atoms with Gasteiger partial charge in [-0.25, -0.2) is 4.98 Å². The molecule has 27 heavy (non-hydrogen) atoms. The number of imidazole rings is 1. The maximum absolute atomic E-state index is 12.9. The first-order valence-corrected chi connectivity index (χ1v) is 9.51. The number of aryl methyl sites for hydroxylation is 1. The maximum Gasteiger partial charge on any atom is 0.245 e. The van der Waals surface area contributed by atoms with Gasteiger partial charge in [-0.3, -0.25) is 9.59 Å². The highest BCUT2D eigenvalue weighted by Gasteiger charge is 2.31. The molecule has 2 aromatic rings. The van der Waals surface area contributed by atoms with E-state index in [1.54, 1.807) is 11.1 Å². The van der Waals surface area contributed by atoms with Crippen LogP contribution in [0.15, 0.2) is 36.7 Å². The second kappa shape index (κ2) is 7.94. The fourth-order valence-corrected chi connectivity index (χ4v) is 3.58. The van der Waals surface area contributed by atoms with E-state index < -0.39 is 0 Å². The molecule has 1 aliphatic rings. The van der Waals surface area contributed by atoms with Crippen molar-refractivity contribution in [3.05, 3.63) is 53.6 Å². The maximum atomic E-state index is 12.9. The molecule has 1 saturated heterocycles. The van der Waals surface area contributed by atoms with Crippen molar-refractivity contribution in [3.63, 3.8) is 0 Å². The van der Waals surface area contributed by atoms with Gasteiger partial charge in [0.25, 0.3) is 0 Å². The SMILES string of the molecule is Cc1cccc(CN2CCN(C(=O)[C@H](C)n3ccnc3C(C)C)CC2=O)c1. The third kappa shape index (κ3) is 4.21. The zero-order valence-electron chi connectivity index (χ0n) is 16.6. The van der Waals surface area contributed by atoms with E-state index in [-0.39, 0.29) is 30.3 Å². The van der Waals surface area contributed by atoms with Gasteiger partial charge in [0.05, 0.1) is 6.54 Å². The molecule has 1 aromatic carbocycles. The molecule has 6 nitrogen and oxygen atoms in total. The van der Waals surface area contributed by atoms with Crippen LogP contribution < -0.4 is 0 Å². The van der Waals surface area contributed by atoms with Gasteiger partial charge in [0.1, 0.15) is 11.9 Å². The Hall–Kier alpha value is -2.63. The first-order valence-electron chi connectivity index (χ1n) is 9.51. The van der Waals surface area contributed by atoms with Gasteiger partial charge >= 0.3 is 0 Å². The Morgan fingerprint density at radius 3 is 2.67 bits per heavy atom. The molecule has 6 heteroatoms. The van der Waals surface area contributed by atoms with Crippen molar-refractivity contribution < 1.29 is 9.59 Å². The predicted octanol–water partition coefficient (Wildman–Crippen LogP) is 2.75. The van der Waals surface area contributed by atoms with Gasteiger partial charge in [-0.1, -0.05) is 43.7 Å². The highest BCUT2D eigenvalue weighted by molar-refractivity contribution is 5.87. The zero-order chi connectivity index (χ0) is 19.6. The smallest absolute Gasteiger partial charge is 0.245 e. The minimum absolute atomic E-state index is 0.00183. The molecule has 0 aliphatic carbocycles. The average molecular weight is 368 g/mol. The van der Waals surface area contributed by atoms with Crippen molar-refractivity contribution >= 4 is 11.8 Å². The summed E-state index contributed by atoms with van der Waals surface area (Å²) in [6.45, 7) is 9.90. The van der Waals surface area contributed by atoms with Crippen LogP contribution in [0.25, 0.3) is 0 Å². The molecule has 2 amide bonds. The van der Waals surface area contributed by atoms with Crippen molar-refractivity contribution in [3.8, 4) is 0 Å². The molecule has 0 radical (unpaired) electrons. The van der Waals surface area contributed by atoms with E-state index >= 15 is 0 Å². The number of hydrogen-bond donors (Lipinski definition) is 0. The normalized spacial score (nSPS) is 16.1. The number of hydrogen-bond acceptors (Lipinski definition) is 3. The van der Waals surface area contributed by atoms with Crippen LogP contribution in [0, 0.1) is 6.92 Å². The lowest BCUT2D eigenvalue weighted by atomic mass is 10.1. The highest BCUT2D eigenvalue weighted by atomic mass is 16.2. The second-order valence-corrected chi connectivity index (χ2v) is 7.59. The number of aromatic nitrogens is 2. The van der Waals surface area contributed by atoms with E-state index in [4.69, 9.17) is 0 Å². The lowest BCUT2D eigenvalue weighted by Crippen LogP contribution is -2.53. The van der Waals surface area contributed by atoms with E-state index in [0.29, 0.717) is 19.6 Å². The van der Waals surface area contributed by atoms with E-state index in [9.17, 15) is 9.59 Å². The fraction of sp³-hybridized carbons (Fsp3) is 0.476. The Morgan fingerprint density at radius 2 is 2.00 bits per heavy atom. The van der Waals surface area contributed by atoms with Gasteiger partial charge in [0.2, 0.25) is 11.8 Å². The summed E-state index contributed by atoms with van der Waals surface area (Å²) in [5.41, 5.74) is 2.31. The van der Waals surface area contributed by atoms with Crippen molar-refractivity contribution in [1.29, 1.82) is 0 Å². The van der Waals surface area contributed by atoms with Crippen LogP contribution in [-0.4, -0.2) is 50.8 Å². The lowest BCUT2D eigenvalue weighted by Gasteiger charge is -2.36. The van der Waals surface area contributed by atoms with E-state index in [1.807, 2.05) is 47.7 Å². The molecule has 0 N–H and O–H groups in total. The molecule has 0 saturated carbocycles. The Morgan fingerprint density at radius 1 is 1.22 bits per heavy atom. The lowest BCUT2D eigenvalue weighted by molar-refractivity contribution is -0.147. The third-order valence-corrected chi connectivity index (χ3v) is 5.08. The van der Waals surface area contributed by atoms with Gasteiger partial charge in [-0.05, 0) is 19.4 Å². The van der Waals surface area contributed by atoms with Crippen LogP contribution in [-0.2, 0) is 16.1 Å². The number of carbonyl (C=O) groups excluding carboxylic acids is 2. The summed E-state index contributed by atoms with van der Waals surface area (Å²) < 4.78 is 1.91. The molecule has 1 atom stereocenters. The molecular formula is C21H28N4O2. The molecule has 1 aromatic heterocycles. The monoisotopic (exact) mass is 368 g/mol. The number of nitrogens with zero attached hydrogens (tertiary/aromatic N) is 4. The number of carbonyl (C=O) groups is 2. The number of piperazine rings is 1. The topological polar surface area (TPSA) is 58.4 Å². The summed E-state index contributed by atoms with van der Waals surface area (Å²) in [7, 11) is 0. The molecule has 0 spiro atoms. The van der Waals surface area contributed by atoms with Crippen LogP contribution >= 0.6 is 0 Å². The van der Waals surface area contributed by atoms with Gasteiger partial charge in [-0.2, -0.15) is 0 Å².